The van der Waals surface area contributed by atoms with Gasteiger partial charge in [0.05, 0.1) is 23.7 Å². The van der Waals surface area contributed by atoms with Gasteiger partial charge >= 0.3 is 5.97 Å². The zero-order valence-corrected chi connectivity index (χ0v) is 8.91. The van der Waals surface area contributed by atoms with E-state index in [9.17, 15) is 19.7 Å². The lowest BCUT2D eigenvalue weighted by molar-refractivity contribution is -0.384. The standard InChI is InChI=1S/C10H9NO6/c1-16-10(13)6-17-9-4-8(11(14)15)3-2-7(9)5-12/h2-5H,6H2,1H3. The van der Waals surface area contributed by atoms with E-state index in [4.69, 9.17) is 4.74 Å². The number of rotatable bonds is 5. The van der Waals surface area contributed by atoms with Gasteiger partial charge in [0, 0.05) is 6.07 Å². The summed E-state index contributed by atoms with van der Waals surface area (Å²) in [6, 6.07) is 3.50. The quantitative estimate of drug-likeness (QED) is 0.328. The molecule has 0 bridgehead atoms. The minimum absolute atomic E-state index is 0.0281. The van der Waals surface area contributed by atoms with Crippen LogP contribution in [-0.2, 0) is 9.53 Å². The number of nitro groups is 1. The van der Waals surface area contributed by atoms with Gasteiger partial charge in [-0.25, -0.2) is 4.79 Å². The first kappa shape index (κ1) is 12.6. The fourth-order valence-corrected chi connectivity index (χ4v) is 1.05. The summed E-state index contributed by atoms with van der Waals surface area (Å²) >= 11 is 0. The van der Waals surface area contributed by atoms with E-state index in [1.54, 1.807) is 0 Å². The lowest BCUT2D eigenvalue weighted by atomic mass is 10.2. The van der Waals surface area contributed by atoms with Crippen LogP contribution in [0.25, 0.3) is 0 Å². The Morgan fingerprint density at radius 2 is 2.24 bits per heavy atom. The summed E-state index contributed by atoms with van der Waals surface area (Å²) in [6.45, 7) is -0.418. The van der Waals surface area contributed by atoms with Crippen LogP contribution >= 0.6 is 0 Å². The minimum atomic E-state index is -0.645. The number of nitro benzene ring substituents is 1. The van der Waals surface area contributed by atoms with Gasteiger partial charge in [-0.1, -0.05) is 0 Å². The summed E-state index contributed by atoms with van der Waals surface area (Å²) in [5.41, 5.74) is -0.102. The van der Waals surface area contributed by atoms with Crippen molar-refractivity contribution in [3.05, 3.63) is 33.9 Å². The van der Waals surface area contributed by atoms with E-state index in [1.165, 1.54) is 19.2 Å². The molecule has 1 aromatic carbocycles. The van der Waals surface area contributed by atoms with Gasteiger partial charge in [-0.2, -0.15) is 0 Å². The molecule has 0 amide bonds. The predicted octanol–water partition coefficient (Wildman–Crippen LogP) is 0.959. The van der Waals surface area contributed by atoms with Gasteiger partial charge in [0.1, 0.15) is 5.75 Å². The van der Waals surface area contributed by atoms with Crippen LogP contribution in [0.1, 0.15) is 10.4 Å². The molecule has 0 saturated carbocycles. The fraction of sp³-hybridized carbons (Fsp3) is 0.200. The second-order valence-corrected chi connectivity index (χ2v) is 2.96. The molecule has 90 valence electrons. The highest BCUT2D eigenvalue weighted by molar-refractivity contribution is 5.80. The van der Waals surface area contributed by atoms with Crippen molar-refractivity contribution in [2.24, 2.45) is 0 Å². The Labute approximate surface area is 96.1 Å². The van der Waals surface area contributed by atoms with Gasteiger partial charge in [0.25, 0.3) is 5.69 Å². The molecular weight excluding hydrogens is 230 g/mol. The van der Waals surface area contributed by atoms with Crippen molar-refractivity contribution in [1.82, 2.24) is 0 Å². The molecule has 0 atom stereocenters. The number of esters is 1. The Morgan fingerprint density at radius 1 is 1.53 bits per heavy atom. The molecule has 0 aliphatic rings. The van der Waals surface area contributed by atoms with Gasteiger partial charge in [0.2, 0.25) is 0 Å². The number of carbonyl (C=O) groups excluding carboxylic acids is 2. The highest BCUT2D eigenvalue weighted by Crippen LogP contribution is 2.23. The van der Waals surface area contributed by atoms with Crippen molar-refractivity contribution < 1.29 is 24.0 Å². The summed E-state index contributed by atoms with van der Waals surface area (Å²) in [4.78, 5) is 31.4. The Kier molecular flexibility index (Phi) is 4.15. The average Bonchev–Trinajstić information content (AvgIpc) is 2.35. The third kappa shape index (κ3) is 3.26. The van der Waals surface area contributed by atoms with Crippen LogP contribution in [0, 0.1) is 10.1 Å². The minimum Gasteiger partial charge on any atom is -0.481 e. The third-order valence-electron chi connectivity index (χ3n) is 1.91. The predicted molar refractivity (Wildman–Crippen MR) is 56.0 cm³/mol. The van der Waals surface area contributed by atoms with Crippen molar-refractivity contribution in [3.8, 4) is 5.75 Å². The van der Waals surface area contributed by atoms with Gasteiger partial charge in [-0.05, 0) is 6.07 Å². The molecule has 0 aliphatic carbocycles. The molecule has 0 heterocycles. The Balaban J connectivity index is 2.94. The second kappa shape index (κ2) is 5.59. The topological polar surface area (TPSA) is 95.7 Å². The molecular formula is C10H9NO6. The van der Waals surface area contributed by atoms with Crippen molar-refractivity contribution in [1.29, 1.82) is 0 Å². The molecule has 0 N–H and O–H groups in total. The van der Waals surface area contributed by atoms with E-state index in [0.29, 0.717) is 6.29 Å². The zero-order valence-electron chi connectivity index (χ0n) is 8.91. The van der Waals surface area contributed by atoms with E-state index >= 15 is 0 Å². The summed E-state index contributed by atoms with van der Waals surface area (Å²) < 4.78 is 9.30. The van der Waals surface area contributed by atoms with Gasteiger partial charge in [-0.15, -0.1) is 0 Å². The van der Waals surface area contributed by atoms with Gasteiger partial charge in [0.15, 0.2) is 12.9 Å². The number of ether oxygens (including phenoxy) is 2. The van der Waals surface area contributed by atoms with Crippen molar-refractivity contribution in [3.63, 3.8) is 0 Å². The van der Waals surface area contributed by atoms with Crippen LogP contribution in [0.5, 0.6) is 5.75 Å². The monoisotopic (exact) mass is 239 g/mol. The lowest BCUT2D eigenvalue weighted by Gasteiger charge is -2.06. The van der Waals surface area contributed by atoms with Crippen LogP contribution in [0.4, 0.5) is 5.69 Å². The maximum Gasteiger partial charge on any atom is 0.343 e. The van der Waals surface area contributed by atoms with Crippen molar-refractivity contribution in [2.75, 3.05) is 13.7 Å². The van der Waals surface area contributed by atoms with Crippen LogP contribution in [0.3, 0.4) is 0 Å². The smallest absolute Gasteiger partial charge is 0.343 e. The molecule has 1 rings (SSSR count). The largest absolute Gasteiger partial charge is 0.481 e. The zero-order chi connectivity index (χ0) is 12.8. The van der Waals surface area contributed by atoms with E-state index < -0.39 is 17.5 Å². The molecule has 0 spiro atoms. The molecule has 0 saturated heterocycles. The van der Waals surface area contributed by atoms with Crippen LogP contribution in [-0.4, -0.2) is 30.9 Å². The highest BCUT2D eigenvalue weighted by Gasteiger charge is 2.12. The number of benzene rings is 1. The summed E-state index contributed by atoms with van der Waals surface area (Å²) in [7, 11) is 1.18. The molecule has 0 aliphatic heterocycles. The SMILES string of the molecule is COC(=O)COc1cc([N+](=O)[O-])ccc1C=O. The highest BCUT2D eigenvalue weighted by atomic mass is 16.6. The Hall–Kier alpha value is -2.44. The third-order valence-corrected chi connectivity index (χ3v) is 1.91. The van der Waals surface area contributed by atoms with Crippen molar-refractivity contribution in [2.45, 2.75) is 0 Å². The molecule has 1 aromatic rings. The number of carbonyl (C=O) groups is 2. The number of nitrogens with zero attached hydrogens (tertiary/aromatic N) is 1. The molecule has 0 unspecified atom stereocenters. The van der Waals surface area contributed by atoms with Crippen LogP contribution in [0.2, 0.25) is 0 Å². The van der Waals surface area contributed by atoms with Gasteiger partial charge < -0.3 is 9.47 Å². The molecule has 0 fully saturated rings. The summed E-state index contributed by atoms with van der Waals surface area (Å²) in [5.74, 6) is -0.673. The van der Waals surface area contributed by atoms with Crippen LogP contribution < -0.4 is 4.74 Å². The van der Waals surface area contributed by atoms with Crippen LogP contribution in [0.15, 0.2) is 18.2 Å². The maximum atomic E-state index is 10.8. The summed E-state index contributed by atoms with van der Waals surface area (Å²) in [5, 5.41) is 10.5. The van der Waals surface area contributed by atoms with E-state index in [1.807, 2.05) is 0 Å². The Bertz CT molecular complexity index is 456. The number of non-ortho nitro benzene ring substituents is 1. The number of hydrogen-bond donors (Lipinski definition) is 0. The van der Waals surface area contributed by atoms with E-state index in [-0.39, 0.29) is 17.0 Å². The number of methoxy groups -OCH3 is 1. The average molecular weight is 239 g/mol. The van der Waals surface area contributed by atoms with E-state index in [0.717, 1.165) is 6.07 Å². The molecule has 0 radical (unpaired) electrons. The number of aldehydes is 1. The first-order valence-corrected chi connectivity index (χ1v) is 4.51. The second-order valence-electron chi connectivity index (χ2n) is 2.96. The van der Waals surface area contributed by atoms with Gasteiger partial charge in [-0.3, -0.25) is 14.9 Å². The summed E-state index contributed by atoms with van der Waals surface area (Å²) in [6.07, 6.45) is 0.482. The first-order valence-electron chi connectivity index (χ1n) is 4.51. The maximum absolute atomic E-state index is 10.8. The Morgan fingerprint density at radius 3 is 2.76 bits per heavy atom. The molecule has 17 heavy (non-hydrogen) atoms. The first-order chi connectivity index (χ1) is 8.08. The fourth-order valence-electron chi connectivity index (χ4n) is 1.05. The normalized spacial score (nSPS) is 9.47. The molecule has 7 heteroatoms. The lowest BCUT2D eigenvalue weighted by Crippen LogP contribution is -2.13. The molecule has 0 aromatic heterocycles. The number of hydrogen-bond acceptors (Lipinski definition) is 6. The van der Waals surface area contributed by atoms with Crippen molar-refractivity contribution >= 4 is 17.9 Å². The molecule has 7 nitrogen and oxygen atoms in total. The van der Waals surface area contributed by atoms with E-state index in [2.05, 4.69) is 4.74 Å².